The van der Waals surface area contributed by atoms with E-state index in [-0.39, 0.29) is 24.8 Å². The number of benzene rings is 1. The van der Waals surface area contributed by atoms with Gasteiger partial charge in [0.1, 0.15) is 12.2 Å². The third-order valence-corrected chi connectivity index (χ3v) is 3.93. The number of carbonyl (C=O) groups excluding carboxylic acids is 2. The molecule has 1 heterocycles. The van der Waals surface area contributed by atoms with Gasteiger partial charge < -0.3 is 24.6 Å². The van der Waals surface area contributed by atoms with E-state index in [0.717, 1.165) is 5.56 Å². The molecule has 7 heteroatoms. The molecule has 1 aromatic carbocycles. The second-order valence-electron chi connectivity index (χ2n) is 7.50. The van der Waals surface area contributed by atoms with Crippen molar-refractivity contribution in [2.75, 3.05) is 33.2 Å². The topological polar surface area (TPSA) is 71.1 Å². The minimum Gasteiger partial charge on any atom is -0.445 e. The number of ether oxygens (including phenoxy) is 2. The Morgan fingerprint density at radius 3 is 2.50 bits per heavy atom. The number of hydrogen-bond donors (Lipinski definition) is 1. The largest absolute Gasteiger partial charge is 0.445 e. The Hall–Kier alpha value is -2.28. The number of rotatable bonds is 6. The predicted octanol–water partition coefficient (Wildman–Crippen LogP) is 2.46. The van der Waals surface area contributed by atoms with Crippen LogP contribution in [0.3, 0.4) is 0 Å². The molecule has 1 fully saturated rings. The first-order valence-corrected chi connectivity index (χ1v) is 8.88. The third-order valence-electron chi connectivity index (χ3n) is 3.93. The molecule has 144 valence electrons. The second-order valence-corrected chi connectivity index (χ2v) is 7.50. The molecule has 1 N–H and O–H groups in total. The lowest BCUT2D eigenvalue weighted by molar-refractivity contribution is 0.0293. The maximum absolute atomic E-state index is 12.0. The lowest BCUT2D eigenvalue weighted by atomic mass is 10.1. The van der Waals surface area contributed by atoms with Crippen molar-refractivity contribution in [3.05, 3.63) is 35.9 Å². The molecule has 1 saturated heterocycles. The van der Waals surface area contributed by atoms with Gasteiger partial charge in [0.05, 0.1) is 0 Å². The molecule has 2 rings (SSSR count). The van der Waals surface area contributed by atoms with Crippen LogP contribution in [0.4, 0.5) is 9.59 Å². The molecule has 0 bridgehead atoms. The maximum atomic E-state index is 12.0. The van der Waals surface area contributed by atoms with E-state index in [2.05, 4.69) is 5.32 Å². The molecule has 1 aliphatic heterocycles. The fourth-order valence-corrected chi connectivity index (χ4v) is 2.43. The first kappa shape index (κ1) is 20.0. The molecular formula is C19H29N3O4. The average Bonchev–Trinajstić information content (AvgIpc) is 2.53. The molecule has 0 radical (unpaired) electrons. The molecule has 0 saturated carbocycles. The zero-order valence-corrected chi connectivity index (χ0v) is 16.0. The van der Waals surface area contributed by atoms with Crippen LogP contribution in [-0.4, -0.2) is 66.9 Å². The molecule has 0 unspecified atom stereocenters. The van der Waals surface area contributed by atoms with Gasteiger partial charge in [0.2, 0.25) is 0 Å². The minimum absolute atomic E-state index is 0.228. The van der Waals surface area contributed by atoms with Crippen LogP contribution < -0.4 is 5.32 Å². The SMILES string of the molecule is CN(CCNC1CN(C(=O)OCc2ccccc2)C1)C(=O)OC(C)(C)C. The summed E-state index contributed by atoms with van der Waals surface area (Å²) in [5.74, 6) is 0. The van der Waals surface area contributed by atoms with Crippen molar-refractivity contribution in [1.29, 1.82) is 0 Å². The van der Waals surface area contributed by atoms with Crippen molar-refractivity contribution >= 4 is 12.2 Å². The average molecular weight is 363 g/mol. The molecular weight excluding hydrogens is 334 g/mol. The number of likely N-dealkylation sites (tertiary alicyclic amines) is 1. The molecule has 26 heavy (non-hydrogen) atoms. The predicted molar refractivity (Wildman–Crippen MR) is 98.9 cm³/mol. The van der Waals surface area contributed by atoms with Gasteiger partial charge in [-0.2, -0.15) is 0 Å². The van der Waals surface area contributed by atoms with E-state index in [0.29, 0.717) is 26.2 Å². The van der Waals surface area contributed by atoms with Crippen LogP contribution in [0.1, 0.15) is 26.3 Å². The van der Waals surface area contributed by atoms with Gasteiger partial charge in [-0.05, 0) is 26.3 Å². The number of amides is 2. The van der Waals surface area contributed by atoms with Gasteiger partial charge >= 0.3 is 12.2 Å². The van der Waals surface area contributed by atoms with Crippen molar-refractivity contribution in [3.8, 4) is 0 Å². The van der Waals surface area contributed by atoms with Crippen LogP contribution in [0.2, 0.25) is 0 Å². The van der Waals surface area contributed by atoms with Gasteiger partial charge in [0, 0.05) is 39.3 Å². The Kier molecular flexibility index (Phi) is 6.85. The minimum atomic E-state index is -0.493. The summed E-state index contributed by atoms with van der Waals surface area (Å²) < 4.78 is 10.6. The first-order chi connectivity index (χ1) is 12.2. The van der Waals surface area contributed by atoms with Crippen molar-refractivity contribution in [3.63, 3.8) is 0 Å². The van der Waals surface area contributed by atoms with Crippen LogP contribution >= 0.6 is 0 Å². The van der Waals surface area contributed by atoms with E-state index in [9.17, 15) is 9.59 Å². The molecule has 0 spiro atoms. The standard InChI is InChI=1S/C19H29N3O4/c1-19(2,3)26-17(23)21(4)11-10-20-16-12-22(13-16)18(24)25-14-15-8-6-5-7-9-15/h5-9,16,20H,10-14H2,1-4H3. The Bertz CT molecular complexity index is 595. The normalized spacial score (nSPS) is 14.5. The lowest BCUT2D eigenvalue weighted by Crippen LogP contribution is -2.60. The summed E-state index contributed by atoms with van der Waals surface area (Å²) in [5, 5.41) is 3.33. The smallest absolute Gasteiger partial charge is 0.410 e. The quantitative estimate of drug-likeness (QED) is 0.841. The molecule has 0 aromatic heterocycles. The Morgan fingerprint density at radius 1 is 1.23 bits per heavy atom. The zero-order valence-electron chi connectivity index (χ0n) is 16.0. The van der Waals surface area contributed by atoms with Gasteiger partial charge in [0.15, 0.2) is 0 Å². The van der Waals surface area contributed by atoms with Crippen LogP contribution in [0.5, 0.6) is 0 Å². The Balaban J connectivity index is 1.57. The maximum Gasteiger partial charge on any atom is 0.410 e. The van der Waals surface area contributed by atoms with E-state index in [4.69, 9.17) is 9.47 Å². The Labute approximate surface area is 155 Å². The summed E-state index contributed by atoms with van der Waals surface area (Å²) >= 11 is 0. The fourth-order valence-electron chi connectivity index (χ4n) is 2.43. The van der Waals surface area contributed by atoms with E-state index in [1.165, 1.54) is 0 Å². The second kappa shape index (κ2) is 8.89. The van der Waals surface area contributed by atoms with Gasteiger partial charge in [-0.25, -0.2) is 9.59 Å². The highest BCUT2D eigenvalue weighted by atomic mass is 16.6. The monoisotopic (exact) mass is 363 g/mol. The van der Waals surface area contributed by atoms with Crippen molar-refractivity contribution < 1.29 is 19.1 Å². The van der Waals surface area contributed by atoms with Crippen molar-refractivity contribution in [2.45, 2.75) is 39.0 Å². The molecule has 0 atom stereocenters. The van der Waals surface area contributed by atoms with Crippen LogP contribution in [0.15, 0.2) is 30.3 Å². The van der Waals surface area contributed by atoms with Crippen LogP contribution in [0.25, 0.3) is 0 Å². The molecule has 2 amide bonds. The number of nitrogens with one attached hydrogen (secondary N) is 1. The van der Waals surface area contributed by atoms with Crippen LogP contribution in [0, 0.1) is 0 Å². The summed E-state index contributed by atoms with van der Waals surface area (Å²) in [4.78, 5) is 27.0. The highest BCUT2D eigenvalue weighted by molar-refractivity contribution is 5.69. The molecule has 1 aromatic rings. The van der Waals surface area contributed by atoms with Gasteiger partial charge in [-0.15, -0.1) is 0 Å². The summed E-state index contributed by atoms with van der Waals surface area (Å²) in [5.41, 5.74) is 0.481. The summed E-state index contributed by atoms with van der Waals surface area (Å²) in [7, 11) is 1.71. The number of carbonyl (C=O) groups is 2. The van der Waals surface area contributed by atoms with E-state index < -0.39 is 5.60 Å². The summed E-state index contributed by atoms with van der Waals surface area (Å²) in [6.07, 6.45) is -0.628. The van der Waals surface area contributed by atoms with E-state index in [1.807, 2.05) is 51.1 Å². The van der Waals surface area contributed by atoms with Crippen molar-refractivity contribution in [2.24, 2.45) is 0 Å². The van der Waals surface area contributed by atoms with E-state index in [1.54, 1.807) is 16.8 Å². The fraction of sp³-hybridized carbons (Fsp3) is 0.579. The van der Waals surface area contributed by atoms with E-state index >= 15 is 0 Å². The number of likely N-dealkylation sites (N-methyl/N-ethyl adjacent to an activating group) is 1. The van der Waals surface area contributed by atoms with Gasteiger partial charge in [-0.1, -0.05) is 30.3 Å². The third kappa shape index (κ3) is 6.55. The van der Waals surface area contributed by atoms with Gasteiger partial charge in [-0.3, -0.25) is 0 Å². The highest BCUT2D eigenvalue weighted by Crippen LogP contribution is 2.12. The van der Waals surface area contributed by atoms with Gasteiger partial charge in [0.25, 0.3) is 0 Å². The molecule has 7 nitrogen and oxygen atoms in total. The van der Waals surface area contributed by atoms with Crippen LogP contribution in [-0.2, 0) is 16.1 Å². The summed E-state index contributed by atoms with van der Waals surface area (Å²) in [6, 6.07) is 9.84. The zero-order chi connectivity index (χ0) is 19.2. The molecule has 1 aliphatic rings. The lowest BCUT2D eigenvalue weighted by Gasteiger charge is -2.39. The first-order valence-electron chi connectivity index (χ1n) is 8.88. The number of nitrogens with zero attached hydrogens (tertiary/aromatic N) is 2. The summed E-state index contributed by atoms with van der Waals surface area (Å²) in [6.45, 7) is 8.24. The van der Waals surface area contributed by atoms with Crippen molar-refractivity contribution in [1.82, 2.24) is 15.1 Å². The highest BCUT2D eigenvalue weighted by Gasteiger charge is 2.31. The molecule has 0 aliphatic carbocycles. The Morgan fingerprint density at radius 2 is 1.88 bits per heavy atom. The number of hydrogen-bond acceptors (Lipinski definition) is 5.